The zero-order valence-electron chi connectivity index (χ0n) is 13.1. The summed E-state index contributed by atoms with van der Waals surface area (Å²) >= 11 is 5.98. The molecule has 1 aliphatic carbocycles. The van der Waals surface area contributed by atoms with E-state index in [0.29, 0.717) is 10.6 Å². The molecule has 0 unspecified atom stereocenters. The van der Waals surface area contributed by atoms with Crippen LogP contribution in [0.15, 0.2) is 35.1 Å². The maximum atomic E-state index is 12.6. The van der Waals surface area contributed by atoms with Gasteiger partial charge in [0, 0.05) is 28.8 Å². The number of nitrogens with zero attached hydrogens (tertiary/aromatic N) is 2. The van der Waals surface area contributed by atoms with Crippen LogP contribution in [-0.4, -0.2) is 22.6 Å². The Morgan fingerprint density at radius 3 is 2.80 bits per heavy atom. The number of carbonyl (C=O) groups excluding carboxylic acids is 1. The lowest BCUT2D eigenvalue weighted by Crippen LogP contribution is -2.30. The van der Waals surface area contributed by atoms with Gasteiger partial charge in [-0.2, -0.15) is 0 Å². The molecule has 1 saturated carbocycles. The van der Waals surface area contributed by atoms with Gasteiger partial charge in [-0.05, 0) is 36.1 Å². The summed E-state index contributed by atoms with van der Waals surface area (Å²) in [5, 5.41) is 11.6. The van der Waals surface area contributed by atoms with Gasteiger partial charge in [0.1, 0.15) is 6.04 Å². The van der Waals surface area contributed by atoms with Gasteiger partial charge in [0.15, 0.2) is 0 Å². The molecule has 1 fully saturated rings. The van der Waals surface area contributed by atoms with Crippen molar-refractivity contribution in [2.24, 2.45) is 5.92 Å². The highest BCUT2D eigenvalue weighted by atomic mass is 35.5. The van der Waals surface area contributed by atoms with E-state index in [-0.39, 0.29) is 28.6 Å². The van der Waals surface area contributed by atoms with Gasteiger partial charge in [-0.15, -0.1) is 0 Å². The summed E-state index contributed by atoms with van der Waals surface area (Å²) in [5.41, 5.74) is 0.948. The molecule has 128 valence electrons. The average Bonchev–Trinajstić information content (AvgIpc) is 3.29. The van der Waals surface area contributed by atoms with Gasteiger partial charge in [-0.3, -0.25) is 19.5 Å². The van der Waals surface area contributed by atoms with E-state index in [4.69, 9.17) is 16.3 Å². The predicted molar refractivity (Wildman–Crippen MR) is 89.7 cm³/mol. The fraction of sp³-hybridized carbons (Fsp3) is 0.294. The van der Waals surface area contributed by atoms with Crippen LogP contribution in [0.25, 0.3) is 11.1 Å². The summed E-state index contributed by atoms with van der Waals surface area (Å²) in [6.07, 6.45) is 0.806. The Labute approximate surface area is 146 Å². The number of fused-ring (bicyclic) bond motifs is 3. The zero-order chi connectivity index (χ0) is 17.9. The van der Waals surface area contributed by atoms with Crippen molar-refractivity contribution in [3.8, 4) is 11.1 Å². The molecular formula is C17H13ClN2O5. The lowest BCUT2D eigenvalue weighted by molar-refractivity contribution is -0.384. The van der Waals surface area contributed by atoms with Crippen LogP contribution in [0.4, 0.5) is 5.69 Å². The number of methoxy groups -OCH3 is 1. The Morgan fingerprint density at radius 2 is 2.12 bits per heavy atom. The van der Waals surface area contributed by atoms with Gasteiger partial charge in [-0.1, -0.05) is 11.6 Å². The molecule has 8 heteroatoms. The molecule has 25 heavy (non-hydrogen) atoms. The third-order valence-corrected chi connectivity index (χ3v) is 5.15. The van der Waals surface area contributed by atoms with Crippen molar-refractivity contribution in [3.63, 3.8) is 0 Å². The first-order valence-corrected chi connectivity index (χ1v) is 8.08. The largest absolute Gasteiger partial charge is 0.467 e. The Balaban J connectivity index is 1.89. The number of hydrogen-bond acceptors (Lipinski definition) is 5. The monoisotopic (exact) mass is 360 g/mol. The number of benzene rings is 1. The molecule has 0 bridgehead atoms. The maximum absolute atomic E-state index is 12.6. The second-order valence-corrected chi connectivity index (χ2v) is 6.71. The number of hydrogen-bond donors (Lipinski definition) is 0. The van der Waals surface area contributed by atoms with E-state index >= 15 is 0 Å². The van der Waals surface area contributed by atoms with Crippen LogP contribution < -0.4 is 5.56 Å². The van der Waals surface area contributed by atoms with Crippen LogP contribution in [-0.2, 0) is 9.53 Å². The molecule has 1 aliphatic heterocycles. The summed E-state index contributed by atoms with van der Waals surface area (Å²) in [7, 11) is 1.30. The molecule has 1 aromatic carbocycles. The molecule has 7 nitrogen and oxygen atoms in total. The number of rotatable bonds is 3. The van der Waals surface area contributed by atoms with Gasteiger partial charge in [0.05, 0.1) is 17.6 Å². The molecule has 1 aromatic heterocycles. The predicted octanol–water partition coefficient (Wildman–Crippen LogP) is 2.91. The number of carbonyl (C=O) groups is 1. The van der Waals surface area contributed by atoms with E-state index in [1.54, 1.807) is 6.07 Å². The lowest BCUT2D eigenvalue weighted by Gasteiger charge is -2.16. The van der Waals surface area contributed by atoms with Crippen LogP contribution in [0.5, 0.6) is 0 Å². The molecule has 0 amide bonds. The molecule has 0 saturated heterocycles. The number of esters is 1. The smallest absolute Gasteiger partial charge is 0.329 e. The molecule has 0 N–H and O–H groups in total. The van der Waals surface area contributed by atoms with Crippen molar-refractivity contribution in [1.82, 2.24) is 4.57 Å². The number of nitro benzene ring substituents is 1. The fourth-order valence-corrected chi connectivity index (χ4v) is 3.91. The van der Waals surface area contributed by atoms with Gasteiger partial charge in [-0.25, -0.2) is 4.79 Å². The molecular weight excluding hydrogens is 348 g/mol. The van der Waals surface area contributed by atoms with E-state index < -0.39 is 16.9 Å². The van der Waals surface area contributed by atoms with Gasteiger partial charge in [0.25, 0.3) is 11.2 Å². The van der Waals surface area contributed by atoms with E-state index in [9.17, 15) is 19.7 Å². The van der Waals surface area contributed by atoms with Crippen LogP contribution >= 0.6 is 11.6 Å². The Hall–Kier alpha value is -2.67. The van der Waals surface area contributed by atoms with Gasteiger partial charge >= 0.3 is 5.97 Å². The van der Waals surface area contributed by atoms with Crippen molar-refractivity contribution in [2.75, 3.05) is 7.11 Å². The van der Waals surface area contributed by atoms with Crippen molar-refractivity contribution in [2.45, 2.75) is 18.4 Å². The highest BCUT2D eigenvalue weighted by Crippen LogP contribution is 2.59. The van der Waals surface area contributed by atoms with Crippen molar-refractivity contribution >= 4 is 23.3 Å². The molecule has 0 radical (unpaired) electrons. The Morgan fingerprint density at radius 1 is 1.36 bits per heavy atom. The van der Waals surface area contributed by atoms with Crippen molar-refractivity contribution in [1.29, 1.82) is 0 Å². The minimum atomic E-state index is -0.610. The van der Waals surface area contributed by atoms with E-state index in [1.807, 2.05) is 0 Å². The molecule has 0 spiro atoms. The van der Waals surface area contributed by atoms with Crippen LogP contribution in [0.1, 0.15) is 24.1 Å². The van der Waals surface area contributed by atoms with Gasteiger partial charge < -0.3 is 4.74 Å². The van der Waals surface area contributed by atoms with E-state index in [0.717, 1.165) is 12.1 Å². The Bertz CT molecular complexity index is 983. The maximum Gasteiger partial charge on any atom is 0.329 e. The summed E-state index contributed by atoms with van der Waals surface area (Å²) < 4.78 is 6.27. The highest BCUT2D eigenvalue weighted by Gasteiger charge is 2.56. The number of pyridine rings is 1. The molecule has 2 aliphatic rings. The molecule has 2 heterocycles. The van der Waals surface area contributed by atoms with E-state index in [2.05, 4.69) is 0 Å². The molecule has 3 atom stereocenters. The number of halogens is 1. The first-order chi connectivity index (χ1) is 11.9. The lowest BCUT2D eigenvalue weighted by atomic mass is 10.0. The summed E-state index contributed by atoms with van der Waals surface area (Å²) in [4.78, 5) is 35.4. The molecule has 2 aromatic rings. The zero-order valence-corrected chi connectivity index (χ0v) is 13.9. The van der Waals surface area contributed by atoms with Crippen LogP contribution in [0.2, 0.25) is 5.02 Å². The van der Waals surface area contributed by atoms with Crippen molar-refractivity contribution < 1.29 is 14.5 Å². The topological polar surface area (TPSA) is 91.4 Å². The molecule has 4 rings (SSSR count). The summed E-state index contributed by atoms with van der Waals surface area (Å²) in [6.45, 7) is 0. The third-order valence-electron chi connectivity index (χ3n) is 4.91. The first-order valence-electron chi connectivity index (χ1n) is 7.71. The van der Waals surface area contributed by atoms with E-state index in [1.165, 1.54) is 35.9 Å². The van der Waals surface area contributed by atoms with Crippen LogP contribution in [0, 0.1) is 16.0 Å². The summed E-state index contributed by atoms with van der Waals surface area (Å²) in [5.74, 6) is -0.269. The SMILES string of the molecule is COC(=O)[C@@H]1[C@H]2C[C@H]2c2cc(-c3cc(Cl)ccc3[N+](=O)[O-])cc(=O)n21. The second kappa shape index (κ2) is 5.42. The van der Waals surface area contributed by atoms with Crippen LogP contribution in [0.3, 0.4) is 0 Å². The number of nitro groups is 1. The minimum absolute atomic E-state index is 0.0600. The highest BCUT2D eigenvalue weighted by molar-refractivity contribution is 6.31. The number of ether oxygens (including phenoxy) is 1. The first kappa shape index (κ1) is 15.8. The average molecular weight is 361 g/mol. The quantitative estimate of drug-likeness (QED) is 0.476. The standard InChI is InChI=1S/C17H13ClN2O5/c1-25-17(22)16-12-7-11(12)14-4-8(5-15(21)19(14)16)10-6-9(18)2-3-13(10)20(23)24/h2-6,11-12,16H,7H2,1H3/t11-,12+,16+/m1/s1. The number of aromatic nitrogens is 1. The van der Waals surface area contributed by atoms with Crippen molar-refractivity contribution in [3.05, 3.63) is 61.5 Å². The minimum Gasteiger partial charge on any atom is -0.467 e. The Kier molecular flexibility index (Phi) is 3.43. The summed E-state index contributed by atoms with van der Waals surface area (Å²) in [6, 6.07) is 6.67. The third kappa shape index (κ3) is 2.34. The fourth-order valence-electron chi connectivity index (χ4n) is 3.73. The van der Waals surface area contributed by atoms with Gasteiger partial charge in [0.2, 0.25) is 0 Å². The second-order valence-electron chi connectivity index (χ2n) is 6.27. The normalized spacial score (nSPS) is 22.9.